The normalized spacial score (nSPS) is 12.0. The van der Waals surface area contributed by atoms with Gasteiger partial charge in [-0.2, -0.15) is 0 Å². The largest absolute Gasteiger partial charge is 0.449 e. The maximum atomic E-state index is 13.7. The predicted octanol–water partition coefficient (Wildman–Crippen LogP) is 4.23. The summed E-state index contributed by atoms with van der Waals surface area (Å²) in [5.74, 6) is -6.21. The first-order valence-electron chi connectivity index (χ1n) is 9.51. The number of anilines is 2. The fourth-order valence-electron chi connectivity index (χ4n) is 2.68. The Balaban J connectivity index is 1.69. The lowest BCUT2D eigenvalue weighted by Crippen LogP contribution is -2.30. The highest BCUT2D eigenvalue weighted by Crippen LogP contribution is 2.20. The second kappa shape index (κ2) is 9.91. The number of amides is 1. The van der Waals surface area contributed by atoms with E-state index in [1.807, 2.05) is 0 Å². The number of hydrogen-bond acceptors (Lipinski definition) is 5. The Labute approximate surface area is 191 Å². The molecule has 34 heavy (non-hydrogen) atoms. The number of carbonyl (C=O) groups is 2. The highest BCUT2D eigenvalue weighted by atomic mass is 32.2. The number of halogens is 4. The molecule has 3 aromatic carbocycles. The van der Waals surface area contributed by atoms with Crippen molar-refractivity contribution in [3.63, 3.8) is 0 Å². The smallest absolute Gasteiger partial charge is 0.338 e. The number of benzene rings is 3. The summed E-state index contributed by atoms with van der Waals surface area (Å²) in [6, 6.07) is 9.41. The number of esters is 1. The summed E-state index contributed by atoms with van der Waals surface area (Å²) in [4.78, 5) is 24.0. The van der Waals surface area contributed by atoms with E-state index in [1.54, 1.807) is 0 Å². The minimum absolute atomic E-state index is 0.0990. The van der Waals surface area contributed by atoms with E-state index in [2.05, 4.69) is 10.0 Å². The van der Waals surface area contributed by atoms with Crippen molar-refractivity contribution in [2.24, 2.45) is 0 Å². The molecule has 0 saturated heterocycles. The average Bonchev–Trinajstić information content (AvgIpc) is 2.77. The van der Waals surface area contributed by atoms with E-state index in [9.17, 15) is 35.6 Å². The fourth-order valence-corrected chi connectivity index (χ4v) is 3.74. The highest BCUT2D eigenvalue weighted by molar-refractivity contribution is 7.92. The Morgan fingerprint density at radius 2 is 1.59 bits per heavy atom. The molecule has 2 N–H and O–H groups in total. The minimum Gasteiger partial charge on any atom is -0.449 e. The van der Waals surface area contributed by atoms with Gasteiger partial charge in [-0.1, -0.05) is 6.07 Å². The van der Waals surface area contributed by atoms with E-state index in [0.717, 1.165) is 30.3 Å². The second-order valence-corrected chi connectivity index (χ2v) is 8.61. The molecule has 0 aromatic heterocycles. The first-order valence-corrected chi connectivity index (χ1v) is 11.0. The SMILES string of the molecule is CC(OC(=O)c1cccc(NS(=O)(=O)c2ccc(F)c(F)c2)c1)C(=O)Nc1cc(F)ccc1F. The van der Waals surface area contributed by atoms with E-state index in [4.69, 9.17) is 4.74 Å². The van der Waals surface area contributed by atoms with Gasteiger partial charge in [0.25, 0.3) is 15.9 Å². The summed E-state index contributed by atoms with van der Waals surface area (Å²) < 4.78 is 85.3. The molecular weight excluding hydrogens is 480 g/mol. The highest BCUT2D eigenvalue weighted by Gasteiger charge is 2.22. The summed E-state index contributed by atoms with van der Waals surface area (Å²) in [5, 5.41) is 2.10. The maximum Gasteiger partial charge on any atom is 0.338 e. The third-order valence-electron chi connectivity index (χ3n) is 4.39. The van der Waals surface area contributed by atoms with Gasteiger partial charge in [-0.15, -0.1) is 0 Å². The lowest BCUT2D eigenvalue weighted by atomic mass is 10.2. The van der Waals surface area contributed by atoms with Crippen molar-refractivity contribution >= 4 is 33.3 Å². The van der Waals surface area contributed by atoms with Crippen molar-refractivity contribution in [2.45, 2.75) is 17.9 Å². The molecular formula is C22H16F4N2O5S. The van der Waals surface area contributed by atoms with Gasteiger partial charge >= 0.3 is 5.97 Å². The van der Waals surface area contributed by atoms with Crippen molar-refractivity contribution < 1.29 is 40.3 Å². The van der Waals surface area contributed by atoms with Crippen LogP contribution >= 0.6 is 0 Å². The zero-order chi connectivity index (χ0) is 25.0. The number of ether oxygens (including phenoxy) is 1. The van der Waals surface area contributed by atoms with Crippen LogP contribution in [0.15, 0.2) is 65.6 Å². The molecule has 0 radical (unpaired) electrons. The van der Waals surface area contributed by atoms with Crippen LogP contribution in [-0.4, -0.2) is 26.4 Å². The standard InChI is InChI=1S/C22H16F4N2O5S/c1-12(21(29)27-20-10-14(23)5-7-18(20)25)33-22(30)13-3-2-4-15(9-13)28-34(31,32)16-6-8-17(24)19(26)11-16/h2-12,28H,1H3,(H,27,29). The molecule has 0 spiro atoms. The van der Waals surface area contributed by atoms with E-state index in [0.29, 0.717) is 12.1 Å². The van der Waals surface area contributed by atoms with E-state index >= 15 is 0 Å². The van der Waals surface area contributed by atoms with Crippen molar-refractivity contribution in [3.8, 4) is 0 Å². The van der Waals surface area contributed by atoms with Gasteiger partial charge in [0, 0.05) is 11.8 Å². The van der Waals surface area contributed by atoms with Crippen LogP contribution in [0.1, 0.15) is 17.3 Å². The summed E-state index contributed by atoms with van der Waals surface area (Å²) >= 11 is 0. The molecule has 0 heterocycles. The molecule has 0 bridgehead atoms. The third kappa shape index (κ3) is 5.90. The van der Waals surface area contributed by atoms with E-state index < -0.39 is 61.9 Å². The summed E-state index contributed by atoms with van der Waals surface area (Å²) in [7, 11) is -4.31. The Morgan fingerprint density at radius 3 is 2.29 bits per heavy atom. The van der Waals surface area contributed by atoms with Gasteiger partial charge in [-0.25, -0.2) is 30.8 Å². The Hall–Kier alpha value is -3.93. The zero-order valence-electron chi connectivity index (χ0n) is 17.3. The van der Waals surface area contributed by atoms with Crippen LogP contribution < -0.4 is 10.0 Å². The minimum atomic E-state index is -4.31. The van der Waals surface area contributed by atoms with Gasteiger partial charge < -0.3 is 10.1 Å². The van der Waals surface area contributed by atoms with E-state index in [1.165, 1.54) is 25.1 Å². The molecule has 1 amide bonds. The molecule has 3 aromatic rings. The van der Waals surface area contributed by atoms with Crippen molar-refractivity contribution in [1.82, 2.24) is 0 Å². The molecule has 178 valence electrons. The second-order valence-electron chi connectivity index (χ2n) is 6.92. The number of hydrogen-bond donors (Lipinski definition) is 2. The van der Waals surface area contributed by atoms with Crippen LogP contribution in [0.2, 0.25) is 0 Å². The topological polar surface area (TPSA) is 102 Å². The molecule has 0 aliphatic carbocycles. The van der Waals surface area contributed by atoms with Gasteiger partial charge in [0.05, 0.1) is 16.1 Å². The molecule has 0 saturated carbocycles. The first kappa shape index (κ1) is 24.7. The number of carbonyl (C=O) groups excluding carboxylic acids is 2. The number of rotatable bonds is 7. The Morgan fingerprint density at radius 1 is 0.882 bits per heavy atom. The van der Waals surface area contributed by atoms with Crippen LogP contribution in [0.25, 0.3) is 0 Å². The van der Waals surface area contributed by atoms with Crippen LogP contribution in [0.5, 0.6) is 0 Å². The van der Waals surface area contributed by atoms with Crippen molar-refractivity contribution in [2.75, 3.05) is 10.0 Å². The molecule has 12 heteroatoms. The van der Waals surface area contributed by atoms with Crippen molar-refractivity contribution in [1.29, 1.82) is 0 Å². The third-order valence-corrected chi connectivity index (χ3v) is 5.77. The van der Waals surface area contributed by atoms with Gasteiger partial charge in [0.2, 0.25) is 0 Å². The van der Waals surface area contributed by atoms with Gasteiger partial charge in [-0.3, -0.25) is 9.52 Å². The molecule has 1 atom stereocenters. The molecule has 3 rings (SSSR count). The molecule has 0 aliphatic heterocycles. The van der Waals surface area contributed by atoms with Crippen LogP contribution in [-0.2, 0) is 19.6 Å². The average molecular weight is 496 g/mol. The van der Waals surface area contributed by atoms with Gasteiger partial charge in [0.15, 0.2) is 17.7 Å². The van der Waals surface area contributed by atoms with Gasteiger partial charge in [0.1, 0.15) is 11.6 Å². The first-order chi connectivity index (χ1) is 16.0. The monoisotopic (exact) mass is 496 g/mol. The molecule has 1 unspecified atom stereocenters. The van der Waals surface area contributed by atoms with Crippen LogP contribution in [0, 0.1) is 23.3 Å². The van der Waals surface area contributed by atoms with Gasteiger partial charge in [-0.05, 0) is 55.5 Å². The lowest BCUT2D eigenvalue weighted by molar-refractivity contribution is -0.123. The van der Waals surface area contributed by atoms with Crippen LogP contribution in [0.4, 0.5) is 28.9 Å². The van der Waals surface area contributed by atoms with E-state index in [-0.39, 0.29) is 11.3 Å². The number of nitrogens with one attached hydrogen (secondary N) is 2. The van der Waals surface area contributed by atoms with Crippen molar-refractivity contribution in [3.05, 3.63) is 89.5 Å². The molecule has 0 fully saturated rings. The lowest BCUT2D eigenvalue weighted by Gasteiger charge is -2.14. The Bertz CT molecular complexity index is 1370. The maximum absolute atomic E-state index is 13.7. The molecule has 7 nitrogen and oxygen atoms in total. The summed E-state index contributed by atoms with van der Waals surface area (Å²) in [5.41, 5.74) is -0.693. The quantitative estimate of drug-likeness (QED) is 0.377. The number of sulfonamides is 1. The summed E-state index contributed by atoms with van der Waals surface area (Å²) in [6.45, 7) is 1.19. The molecule has 0 aliphatic rings. The zero-order valence-corrected chi connectivity index (χ0v) is 18.1. The van der Waals surface area contributed by atoms with Crippen LogP contribution in [0.3, 0.4) is 0 Å². The summed E-state index contributed by atoms with van der Waals surface area (Å²) in [6.07, 6.45) is -1.42. The fraction of sp³-hybridized carbons (Fsp3) is 0.0909. The predicted molar refractivity (Wildman–Crippen MR) is 113 cm³/mol. The Kier molecular flexibility index (Phi) is 7.20.